The van der Waals surface area contributed by atoms with Gasteiger partial charge < -0.3 is 15.4 Å². The molecule has 4 heteroatoms. The second-order valence-electron chi connectivity index (χ2n) is 5.11. The van der Waals surface area contributed by atoms with E-state index in [1.165, 1.54) is 25.7 Å². The molecule has 0 aromatic heterocycles. The highest BCUT2D eigenvalue weighted by Crippen LogP contribution is 2.25. The molecule has 1 aliphatic rings. The minimum atomic E-state index is -0.0194. The first kappa shape index (κ1) is 13.9. The van der Waals surface area contributed by atoms with Crippen LogP contribution in [0.5, 0.6) is 5.75 Å². The van der Waals surface area contributed by atoms with Gasteiger partial charge in [-0.2, -0.15) is 0 Å². The predicted molar refractivity (Wildman–Crippen MR) is 76.6 cm³/mol. The topological polar surface area (TPSA) is 50.4 Å². The van der Waals surface area contributed by atoms with Crippen molar-refractivity contribution in [3.05, 3.63) is 23.8 Å². The van der Waals surface area contributed by atoms with Gasteiger partial charge in [-0.1, -0.05) is 18.9 Å². The lowest BCUT2D eigenvalue weighted by Gasteiger charge is -2.13. The fraction of sp³-hybridized carbons (Fsp3) is 0.533. The molecule has 4 nitrogen and oxygen atoms in total. The Morgan fingerprint density at radius 2 is 2.11 bits per heavy atom. The Labute approximate surface area is 114 Å². The molecule has 1 fully saturated rings. The quantitative estimate of drug-likeness (QED) is 0.857. The van der Waals surface area contributed by atoms with Gasteiger partial charge in [-0.3, -0.25) is 4.79 Å². The molecule has 0 radical (unpaired) electrons. The van der Waals surface area contributed by atoms with E-state index in [9.17, 15) is 4.79 Å². The standard InChI is InChI=1S/C15H22N2O2/c1-11-7-8-13(14(9-11)19-2)17-15(18)10-16-12-5-3-4-6-12/h7-9,12,16H,3-6,10H2,1-2H3,(H,17,18). The minimum Gasteiger partial charge on any atom is -0.495 e. The number of hydrogen-bond acceptors (Lipinski definition) is 3. The van der Waals surface area contributed by atoms with E-state index >= 15 is 0 Å². The highest BCUT2D eigenvalue weighted by molar-refractivity contribution is 5.93. The molecule has 104 valence electrons. The molecule has 0 saturated heterocycles. The Hall–Kier alpha value is -1.55. The summed E-state index contributed by atoms with van der Waals surface area (Å²) in [5.41, 5.74) is 1.84. The van der Waals surface area contributed by atoms with Gasteiger partial charge >= 0.3 is 0 Å². The van der Waals surface area contributed by atoms with Gasteiger partial charge in [0.15, 0.2) is 0 Å². The smallest absolute Gasteiger partial charge is 0.238 e. The lowest BCUT2D eigenvalue weighted by Crippen LogP contribution is -2.34. The van der Waals surface area contributed by atoms with Crippen LogP contribution in [-0.4, -0.2) is 25.6 Å². The van der Waals surface area contributed by atoms with E-state index in [2.05, 4.69) is 10.6 Å². The van der Waals surface area contributed by atoms with Crippen LogP contribution < -0.4 is 15.4 Å². The van der Waals surface area contributed by atoms with Crippen LogP contribution in [0.25, 0.3) is 0 Å². The molecule has 19 heavy (non-hydrogen) atoms. The molecule has 1 aliphatic carbocycles. The van der Waals surface area contributed by atoms with E-state index in [1.54, 1.807) is 7.11 Å². The number of ether oxygens (including phenoxy) is 1. The van der Waals surface area contributed by atoms with Crippen molar-refractivity contribution < 1.29 is 9.53 Å². The fourth-order valence-corrected chi connectivity index (χ4v) is 2.46. The number of hydrogen-bond donors (Lipinski definition) is 2. The molecule has 1 aromatic carbocycles. The zero-order valence-electron chi connectivity index (χ0n) is 11.7. The molecule has 2 rings (SSSR count). The minimum absolute atomic E-state index is 0.0194. The van der Waals surface area contributed by atoms with Gasteiger partial charge in [0.05, 0.1) is 19.3 Å². The first-order chi connectivity index (χ1) is 9.19. The highest BCUT2D eigenvalue weighted by atomic mass is 16.5. The number of nitrogens with one attached hydrogen (secondary N) is 2. The van der Waals surface area contributed by atoms with Crippen molar-refractivity contribution in [2.45, 2.75) is 38.6 Å². The van der Waals surface area contributed by atoms with Crippen LogP contribution in [0.2, 0.25) is 0 Å². The van der Waals surface area contributed by atoms with Gasteiger partial charge in [-0.05, 0) is 37.5 Å². The fourth-order valence-electron chi connectivity index (χ4n) is 2.46. The lowest BCUT2D eigenvalue weighted by atomic mass is 10.2. The molecule has 1 saturated carbocycles. The maximum Gasteiger partial charge on any atom is 0.238 e. The summed E-state index contributed by atoms with van der Waals surface area (Å²) < 4.78 is 5.27. The van der Waals surface area contributed by atoms with Crippen LogP contribution in [0.1, 0.15) is 31.2 Å². The molecule has 2 N–H and O–H groups in total. The third-order valence-electron chi connectivity index (χ3n) is 3.54. The second-order valence-corrected chi connectivity index (χ2v) is 5.11. The third-order valence-corrected chi connectivity index (χ3v) is 3.54. The average Bonchev–Trinajstić information content (AvgIpc) is 2.91. The summed E-state index contributed by atoms with van der Waals surface area (Å²) in [6.45, 7) is 2.36. The molecule has 0 bridgehead atoms. The van der Waals surface area contributed by atoms with E-state index in [0.29, 0.717) is 18.3 Å². The van der Waals surface area contributed by atoms with Crippen LogP contribution in [0.4, 0.5) is 5.69 Å². The first-order valence-electron chi connectivity index (χ1n) is 6.87. The summed E-state index contributed by atoms with van der Waals surface area (Å²) in [5, 5.41) is 6.18. The number of methoxy groups -OCH3 is 1. The van der Waals surface area contributed by atoms with E-state index in [1.807, 2.05) is 25.1 Å². The Kier molecular flexibility index (Phi) is 4.80. The van der Waals surface area contributed by atoms with Crippen molar-refractivity contribution in [1.29, 1.82) is 0 Å². The van der Waals surface area contributed by atoms with E-state index in [4.69, 9.17) is 4.74 Å². The highest BCUT2D eigenvalue weighted by Gasteiger charge is 2.15. The summed E-state index contributed by atoms with van der Waals surface area (Å²) in [6, 6.07) is 6.26. The molecule has 1 amide bonds. The molecular weight excluding hydrogens is 240 g/mol. The summed E-state index contributed by atoms with van der Waals surface area (Å²) in [7, 11) is 1.61. The Bertz CT molecular complexity index is 440. The summed E-state index contributed by atoms with van der Waals surface area (Å²) >= 11 is 0. The van der Waals surface area contributed by atoms with Crippen molar-refractivity contribution in [2.75, 3.05) is 19.0 Å². The molecule has 0 atom stereocenters. The van der Waals surface area contributed by atoms with Gasteiger partial charge in [-0.25, -0.2) is 0 Å². The van der Waals surface area contributed by atoms with Gasteiger partial charge in [-0.15, -0.1) is 0 Å². The SMILES string of the molecule is COc1cc(C)ccc1NC(=O)CNC1CCCC1. The molecule has 1 aromatic rings. The zero-order valence-corrected chi connectivity index (χ0v) is 11.7. The van der Waals surface area contributed by atoms with E-state index < -0.39 is 0 Å². The van der Waals surface area contributed by atoms with Crippen molar-refractivity contribution in [3.63, 3.8) is 0 Å². The van der Waals surface area contributed by atoms with E-state index in [0.717, 1.165) is 11.3 Å². The second kappa shape index (κ2) is 6.57. The molecule has 0 unspecified atom stereocenters. The summed E-state index contributed by atoms with van der Waals surface area (Å²) in [4.78, 5) is 11.9. The van der Waals surface area contributed by atoms with Crippen LogP contribution in [0.15, 0.2) is 18.2 Å². The van der Waals surface area contributed by atoms with Crippen molar-refractivity contribution in [1.82, 2.24) is 5.32 Å². The average molecular weight is 262 g/mol. The Morgan fingerprint density at radius 1 is 1.37 bits per heavy atom. The number of benzene rings is 1. The van der Waals surface area contributed by atoms with Gasteiger partial charge in [0, 0.05) is 6.04 Å². The molecule has 0 spiro atoms. The Balaban J connectivity index is 1.87. The van der Waals surface area contributed by atoms with Gasteiger partial charge in [0.25, 0.3) is 0 Å². The van der Waals surface area contributed by atoms with Crippen LogP contribution in [0, 0.1) is 6.92 Å². The van der Waals surface area contributed by atoms with Crippen LogP contribution in [-0.2, 0) is 4.79 Å². The normalized spacial score (nSPS) is 15.5. The lowest BCUT2D eigenvalue weighted by molar-refractivity contribution is -0.115. The zero-order chi connectivity index (χ0) is 13.7. The molecule has 0 heterocycles. The molecule has 0 aliphatic heterocycles. The number of rotatable bonds is 5. The van der Waals surface area contributed by atoms with Crippen LogP contribution >= 0.6 is 0 Å². The van der Waals surface area contributed by atoms with Crippen molar-refractivity contribution >= 4 is 11.6 Å². The van der Waals surface area contributed by atoms with E-state index in [-0.39, 0.29) is 5.91 Å². The summed E-state index contributed by atoms with van der Waals surface area (Å²) in [5.74, 6) is 0.684. The maximum absolute atomic E-state index is 11.9. The summed E-state index contributed by atoms with van der Waals surface area (Å²) in [6.07, 6.45) is 4.90. The molecular formula is C15H22N2O2. The van der Waals surface area contributed by atoms with Gasteiger partial charge in [0.2, 0.25) is 5.91 Å². The number of amides is 1. The number of aryl methyl sites for hydroxylation is 1. The largest absolute Gasteiger partial charge is 0.495 e. The monoisotopic (exact) mass is 262 g/mol. The number of anilines is 1. The number of carbonyl (C=O) groups excluding carboxylic acids is 1. The third kappa shape index (κ3) is 3.96. The Morgan fingerprint density at radius 3 is 2.79 bits per heavy atom. The van der Waals surface area contributed by atoms with Gasteiger partial charge in [0.1, 0.15) is 5.75 Å². The predicted octanol–water partition coefficient (Wildman–Crippen LogP) is 2.47. The number of carbonyl (C=O) groups is 1. The van der Waals surface area contributed by atoms with Crippen molar-refractivity contribution in [3.8, 4) is 5.75 Å². The van der Waals surface area contributed by atoms with Crippen molar-refractivity contribution in [2.24, 2.45) is 0 Å². The first-order valence-corrected chi connectivity index (χ1v) is 6.87. The van der Waals surface area contributed by atoms with Crippen LogP contribution in [0.3, 0.4) is 0 Å². The maximum atomic E-state index is 11.9.